The number of methoxy groups -OCH3 is 2. The quantitative estimate of drug-likeness (QED) is 0.832. The molecule has 1 aromatic rings. The van der Waals surface area contributed by atoms with Crippen LogP contribution in [0.1, 0.15) is 12.5 Å². The molecule has 118 valence electrons. The van der Waals surface area contributed by atoms with Gasteiger partial charge in [0, 0.05) is 44.4 Å². The number of piperazine rings is 1. The average Bonchev–Trinajstić information content (AvgIpc) is 2.90. The van der Waals surface area contributed by atoms with Gasteiger partial charge in [-0.2, -0.15) is 0 Å². The molecule has 1 aliphatic heterocycles. The summed E-state index contributed by atoms with van der Waals surface area (Å²) in [4.78, 5) is 15.7. The van der Waals surface area contributed by atoms with Gasteiger partial charge in [0.25, 0.3) is 0 Å². The summed E-state index contributed by atoms with van der Waals surface area (Å²) in [6.07, 6.45) is -0.216. The summed E-state index contributed by atoms with van der Waals surface area (Å²) >= 11 is 1.50. The molecule has 0 N–H and O–H groups in total. The second-order valence-corrected chi connectivity index (χ2v) is 5.73. The molecule has 1 fully saturated rings. The molecule has 0 saturated carbocycles. The maximum Gasteiger partial charge on any atom is 0.409 e. The van der Waals surface area contributed by atoms with Gasteiger partial charge in [-0.05, 0) is 6.92 Å². The molecule has 0 radical (unpaired) electrons. The van der Waals surface area contributed by atoms with Gasteiger partial charge in [0.2, 0.25) is 0 Å². The maximum absolute atomic E-state index is 11.7. The highest BCUT2D eigenvalue weighted by molar-refractivity contribution is 7.15. The van der Waals surface area contributed by atoms with Gasteiger partial charge in [0.15, 0.2) is 10.1 Å². The smallest absolute Gasteiger partial charge is 0.409 e. The van der Waals surface area contributed by atoms with Crippen LogP contribution in [0.25, 0.3) is 0 Å². The topological polar surface area (TPSA) is 51.2 Å². The Balaban J connectivity index is 1.88. The normalized spacial score (nSPS) is 15.9. The van der Waals surface area contributed by atoms with Gasteiger partial charge in [-0.15, -0.1) is 0 Å². The number of hydrogen-bond acceptors (Lipinski definition) is 6. The van der Waals surface area contributed by atoms with Gasteiger partial charge in [-0.25, -0.2) is 4.79 Å². The Kier molecular flexibility index (Phi) is 5.69. The first kappa shape index (κ1) is 15.9. The van der Waals surface area contributed by atoms with E-state index in [0.29, 0.717) is 19.7 Å². The van der Waals surface area contributed by atoms with Gasteiger partial charge in [-0.1, -0.05) is 11.3 Å². The lowest BCUT2D eigenvalue weighted by Crippen LogP contribution is -2.48. The molecular weight excluding hydrogens is 292 g/mol. The van der Waals surface area contributed by atoms with E-state index in [9.17, 15) is 4.79 Å². The van der Waals surface area contributed by atoms with E-state index in [-0.39, 0.29) is 6.09 Å². The van der Waals surface area contributed by atoms with E-state index >= 15 is 0 Å². The van der Waals surface area contributed by atoms with Crippen molar-refractivity contribution in [3.8, 4) is 10.1 Å². The van der Waals surface area contributed by atoms with Crippen LogP contribution in [0.4, 0.5) is 4.79 Å². The maximum atomic E-state index is 11.7. The second-order valence-electron chi connectivity index (χ2n) is 4.75. The Morgan fingerprint density at radius 1 is 1.24 bits per heavy atom. The minimum atomic E-state index is -0.216. The number of rotatable bonds is 5. The molecular formula is C14H22N2O4S. The van der Waals surface area contributed by atoms with Crippen LogP contribution in [0.2, 0.25) is 0 Å². The molecule has 0 unspecified atom stereocenters. The van der Waals surface area contributed by atoms with Gasteiger partial charge in [-0.3, -0.25) is 4.90 Å². The summed E-state index contributed by atoms with van der Waals surface area (Å²) in [6.45, 7) is 6.11. The van der Waals surface area contributed by atoms with Crippen molar-refractivity contribution in [2.75, 3.05) is 47.0 Å². The van der Waals surface area contributed by atoms with E-state index in [1.807, 2.05) is 13.0 Å². The van der Waals surface area contributed by atoms with Crippen molar-refractivity contribution in [1.29, 1.82) is 0 Å². The molecule has 7 heteroatoms. The Morgan fingerprint density at radius 3 is 2.52 bits per heavy atom. The van der Waals surface area contributed by atoms with Crippen LogP contribution in [-0.4, -0.2) is 62.9 Å². The number of carbonyl (C=O) groups excluding carboxylic acids is 1. The van der Waals surface area contributed by atoms with Crippen molar-refractivity contribution >= 4 is 17.4 Å². The van der Waals surface area contributed by atoms with Gasteiger partial charge in [0.05, 0.1) is 20.8 Å². The molecule has 0 aromatic carbocycles. The number of amides is 1. The molecule has 21 heavy (non-hydrogen) atoms. The molecule has 1 amide bonds. The number of thiophene rings is 1. The standard InChI is InChI=1S/C14H22N2O4S/c1-4-20-14(17)16-7-5-15(6-8-16)10-11-9-12(18-2)21-13(11)19-3/h9H,4-8,10H2,1-3H3. The van der Waals surface area contributed by atoms with E-state index in [0.717, 1.165) is 35.3 Å². The molecule has 0 atom stereocenters. The Morgan fingerprint density at radius 2 is 1.95 bits per heavy atom. The van der Waals surface area contributed by atoms with E-state index in [2.05, 4.69) is 4.90 Å². The third-order valence-corrected chi connectivity index (χ3v) is 4.53. The van der Waals surface area contributed by atoms with E-state index in [4.69, 9.17) is 14.2 Å². The van der Waals surface area contributed by atoms with Crippen LogP contribution in [0, 0.1) is 0 Å². The van der Waals surface area contributed by atoms with Crippen LogP contribution < -0.4 is 9.47 Å². The first-order valence-electron chi connectivity index (χ1n) is 7.02. The SMILES string of the molecule is CCOC(=O)N1CCN(Cc2cc(OC)sc2OC)CC1. The van der Waals surface area contributed by atoms with Crippen molar-refractivity contribution in [2.24, 2.45) is 0 Å². The largest absolute Gasteiger partial charge is 0.487 e. The average molecular weight is 314 g/mol. The zero-order valence-corrected chi connectivity index (χ0v) is 13.6. The van der Waals surface area contributed by atoms with Crippen molar-refractivity contribution in [3.63, 3.8) is 0 Å². The molecule has 1 saturated heterocycles. The van der Waals surface area contributed by atoms with E-state index in [1.165, 1.54) is 11.3 Å². The third-order valence-electron chi connectivity index (χ3n) is 3.43. The zero-order valence-electron chi connectivity index (χ0n) is 12.8. The van der Waals surface area contributed by atoms with Crippen LogP contribution in [-0.2, 0) is 11.3 Å². The number of nitrogens with zero attached hydrogens (tertiary/aromatic N) is 2. The molecule has 1 aliphatic rings. The molecule has 2 rings (SSSR count). The summed E-state index contributed by atoms with van der Waals surface area (Å²) in [5, 5.41) is 1.74. The second kappa shape index (κ2) is 7.51. The lowest BCUT2D eigenvalue weighted by molar-refractivity contribution is 0.0777. The lowest BCUT2D eigenvalue weighted by atomic mass is 10.2. The molecule has 0 spiro atoms. The molecule has 1 aromatic heterocycles. The predicted molar refractivity (Wildman–Crippen MR) is 81.3 cm³/mol. The first-order valence-corrected chi connectivity index (χ1v) is 7.84. The Labute approximate surface area is 129 Å². The number of ether oxygens (including phenoxy) is 3. The van der Waals surface area contributed by atoms with E-state index < -0.39 is 0 Å². The van der Waals surface area contributed by atoms with Crippen LogP contribution >= 0.6 is 11.3 Å². The minimum absolute atomic E-state index is 0.216. The summed E-state index contributed by atoms with van der Waals surface area (Å²) in [5.74, 6) is 0. The summed E-state index contributed by atoms with van der Waals surface area (Å²) < 4.78 is 15.7. The summed E-state index contributed by atoms with van der Waals surface area (Å²) in [6, 6.07) is 2.02. The zero-order chi connectivity index (χ0) is 15.2. The van der Waals surface area contributed by atoms with Gasteiger partial charge < -0.3 is 19.1 Å². The highest BCUT2D eigenvalue weighted by Crippen LogP contribution is 2.36. The first-order chi connectivity index (χ1) is 10.2. The molecule has 0 bridgehead atoms. The fraction of sp³-hybridized carbons (Fsp3) is 0.643. The van der Waals surface area contributed by atoms with Crippen molar-refractivity contribution < 1.29 is 19.0 Å². The summed E-state index contributed by atoms with van der Waals surface area (Å²) in [5.41, 5.74) is 1.13. The lowest BCUT2D eigenvalue weighted by Gasteiger charge is -2.33. The number of hydrogen-bond donors (Lipinski definition) is 0. The molecule has 6 nitrogen and oxygen atoms in total. The van der Waals surface area contributed by atoms with Crippen LogP contribution in [0.3, 0.4) is 0 Å². The molecule has 0 aliphatic carbocycles. The highest BCUT2D eigenvalue weighted by Gasteiger charge is 2.23. The number of carbonyl (C=O) groups is 1. The van der Waals surface area contributed by atoms with Crippen LogP contribution in [0.15, 0.2) is 6.07 Å². The fourth-order valence-electron chi connectivity index (χ4n) is 2.32. The highest BCUT2D eigenvalue weighted by atomic mass is 32.1. The predicted octanol–water partition coefficient (Wildman–Crippen LogP) is 2.04. The van der Waals surface area contributed by atoms with Crippen molar-refractivity contribution in [1.82, 2.24) is 9.80 Å². The third kappa shape index (κ3) is 4.01. The van der Waals surface area contributed by atoms with Crippen molar-refractivity contribution in [2.45, 2.75) is 13.5 Å². The Bertz CT molecular complexity index is 470. The van der Waals surface area contributed by atoms with E-state index in [1.54, 1.807) is 19.1 Å². The molecule has 2 heterocycles. The van der Waals surface area contributed by atoms with Crippen LogP contribution in [0.5, 0.6) is 10.1 Å². The van der Waals surface area contributed by atoms with Gasteiger partial charge in [0.1, 0.15) is 0 Å². The van der Waals surface area contributed by atoms with Gasteiger partial charge >= 0.3 is 6.09 Å². The summed E-state index contributed by atoms with van der Waals surface area (Å²) in [7, 11) is 3.33. The fourth-order valence-corrected chi connectivity index (χ4v) is 3.12. The minimum Gasteiger partial charge on any atom is -0.487 e. The van der Waals surface area contributed by atoms with Crippen molar-refractivity contribution in [3.05, 3.63) is 11.6 Å². The monoisotopic (exact) mass is 314 g/mol. The Hall–Kier alpha value is -1.47.